The van der Waals surface area contributed by atoms with Crippen LogP contribution in [0.2, 0.25) is 0 Å². The monoisotopic (exact) mass is 420 g/mol. The number of fused-ring (bicyclic) bond motifs is 1. The third-order valence-corrected chi connectivity index (χ3v) is 4.85. The number of benzene rings is 1. The molecule has 0 aliphatic heterocycles. The Bertz CT molecular complexity index is 875. The van der Waals surface area contributed by atoms with E-state index in [9.17, 15) is 19.5 Å². The van der Waals surface area contributed by atoms with Crippen LogP contribution in [0.25, 0.3) is 10.9 Å². The lowest BCUT2D eigenvalue weighted by Crippen LogP contribution is -2.51. The molecule has 0 saturated carbocycles. The SMILES string of the molecule is CC(C)(S)[C@H](NC(=O)CCCNC(=O)[C@@H](N)Cc1c[nH]c2ccccc12)C(=O)O. The predicted octanol–water partition coefficient (Wildman–Crippen LogP) is 1.21. The maximum atomic E-state index is 12.2. The van der Waals surface area contributed by atoms with Crippen molar-refractivity contribution in [1.29, 1.82) is 0 Å². The standard InChI is InChI=1S/C20H28N4O4S/c1-20(2,29)17(19(27)28)24-16(25)8-5-9-22-18(26)14(21)10-12-11-23-15-7-4-3-6-13(12)15/h3-4,6-7,11,14,17,23,29H,5,8-10,21H2,1-2H3,(H,22,26)(H,24,25)(H,27,28)/t14-,17+/m0/s1. The van der Waals surface area contributed by atoms with Gasteiger partial charge in [0, 0.05) is 34.8 Å². The Hall–Kier alpha value is -2.52. The fraction of sp³-hybridized carbons (Fsp3) is 0.450. The van der Waals surface area contributed by atoms with Crippen molar-refractivity contribution >= 4 is 41.3 Å². The molecule has 8 nitrogen and oxygen atoms in total. The van der Waals surface area contributed by atoms with Crippen LogP contribution in [0.4, 0.5) is 0 Å². The zero-order chi connectivity index (χ0) is 21.6. The fourth-order valence-electron chi connectivity index (χ4n) is 3.00. The summed E-state index contributed by atoms with van der Waals surface area (Å²) in [6.07, 6.45) is 2.71. The van der Waals surface area contributed by atoms with Gasteiger partial charge in [-0.05, 0) is 38.3 Å². The maximum Gasteiger partial charge on any atom is 0.327 e. The molecule has 6 N–H and O–H groups in total. The van der Waals surface area contributed by atoms with Gasteiger partial charge in [-0.2, -0.15) is 12.6 Å². The number of aromatic amines is 1. The molecule has 1 aromatic carbocycles. The number of amides is 2. The average Bonchev–Trinajstić information content (AvgIpc) is 3.05. The number of thiol groups is 1. The number of hydrogen-bond acceptors (Lipinski definition) is 5. The first-order chi connectivity index (χ1) is 13.6. The zero-order valence-electron chi connectivity index (χ0n) is 16.6. The summed E-state index contributed by atoms with van der Waals surface area (Å²) in [5, 5.41) is 15.4. The van der Waals surface area contributed by atoms with E-state index in [1.165, 1.54) is 0 Å². The molecule has 2 aromatic rings. The summed E-state index contributed by atoms with van der Waals surface area (Å²) in [7, 11) is 0. The van der Waals surface area contributed by atoms with Crippen LogP contribution >= 0.6 is 12.6 Å². The average molecular weight is 421 g/mol. The molecule has 29 heavy (non-hydrogen) atoms. The quantitative estimate of drug-likeness (QED) is 0.253. The van der Waals surface area contributed by atoms with Gasteiger partial charge in [-0.15, -0.1) is 0 Å². The maximum absolute atomic E-state index is 12.2. The Kier molecular flexibility index (Phi) is 7.69. The zero-order valence-corrected chi connectivity index (χ0v) is 17.5. The van der Waals surface area contributed by atoms with Gasteiger partial charge in [0.25, 0.3) is 0 Å². The molecule has 2 rings (SSSR count). The van der Waals surface area contributed by atoms with E-state index >= 15 is 0 Å². The van der Waals surface area contributed by atoms with Gasteiger partial charge in [-0.1, -0.05) is 18.2 Å². The largest absolute Gasteiger partial charge is 0.480 e. The molecule has 9 heteroatoms. The number of carboxylic acid groups (broad SMARTS) is 1. The van der Waals surface area contributed by atoms with E-state index in [4.69, 9.17) is 5.73 Å². The van der Waals surface area contributed by atoms with E-state index in [-0.39, 0.29) is 18.9 Å². The number of aliphatic carboxylic acids is 1. The summed E-state index contributed by atoms with van der Waals surface area (Å²) in [6, 6.07) is 5.99. The van der Waals surface area contributed by atoms with Crippen molar-refractivity contribution in [2.75, 3.05) is 6.54 Å². The van der Waals surface area contributed by atoms with Crippen LogP contribution < -0.4 is 16.4 Å². The lowest BCUT2D eigenvalue weighted by Gasteiger charge is -2.26. The van der Waals surface area contributed by atoms with E-state index in [0.717, 1.165) is 16.5 Å². The minimum absolute atomic E-state index is 0.0889. The van der Waals surface area contributed by atoms with Crippen LogP contribution in [0, 0.1) is 0 Å². The lowest BCUT2D eigenvalue weighted by molar-refractivity contribution is -0.142. The number of nitrogens with one attached hydrogen (secondary N) is 3. The second-order valence-electron chi connectivity index (χ2n) is 7.56. The highest BCUT2D eigenvalue weighted by Gasteiger charge is 2.33. The molecule has 0 aliphatic carbocycles. The molecule has 0 unspecified atom stereocenters. The van der Waals surface area contributed by atoms with Gasteiger partial charge in [0.2, 0.25) is 11.8 Å². The molecule has 0 fully saturated rings. The van der Waals surface area contributed by atoms with Crippen molar-refractivity contribution in [3.63, 3.8) is 0 Å². The molecule has 1 heterocycles. The second-order valence-corrected chi connectivity index (χ2v) is 8.71. The van der Waals surface area contributed by atoms with Gasteiger partial charge in [0.1, 0.15) is 6.04 Å². The third kappa shape index (κ3) is 6.50. The summed E-state index contributed by atoms with van der Waals surface area (Å²) in [5.74, 6) is -1.85. The normalized spacial score (nSPS) is 13.7. The van der Waals surface area contributed by atoms with Gasteiger partial charge < -0.3 is 26.5 Å². The number of hydrogen-bond donors (Lipinski definition) is 6. The third-order valence-electron chi connectivity index (χ3n) is 4.59. The topological polar surface area (TPSA) is 137 Å². The van der Waals surface area contributed by atoms with Gasteiger partial charge in [0.15, 0.2) is 0 Å². The Labute approximate surface area is 175 Å². The first kappa shape index (κ1) is 22.8. The summed E-state index contributed by atoms with van der Waals surface area (Å²) in [6.45, 7) is 3.50. The van der Waals surface area contributed by atoms with Crippen molar-refractivity contribution in [2.24, 2.45) is 5.73 Å². The number of H-pyrrole nitrogens is 1. The number of rotatable bonds is 10. The van der Waals surface area contributed by atoms with Crippen molar-refractivity contribution in [3.05, 3.63) is 36.0 Å². The number of nitrogens with two attached hydrogens (primary N) is 1. The highest BCUT2D eigenvalue weighted by atomic mass is 32.1. The van der Waals surface area contributed by atoms with Crippen molar-refractivity contribution in [1.82, 2.24) is 15.6 Å². The Balaban J connectivity index is 1.75. The predicted molar refractivity (Wildman–Crippen MR) is 115 cm³/mol. The number of carbonyl (C=O) groups excluding carboxylic acids is 2. The van der Waals surface area contributed by atoms with Gasteiger partial charge in [0.05, 0.1) is 6.04 Å². The summed E-state index contributed by atoms with van der Waals surface area (Å²) < 4.78 is -0.898. The minimum atomic E-state index is -1.14. The van der Waals surface area contributed by atoms with Gasteiger partial charge in [-0.3, -0.25) is 9.59 Å². The Morgan fingerprint density at radius 3 is 2.62 bits per heavy atom. The molecule has 0 aliphatic rings. The number of carboxylic acids is 1. The summed E-state index contributed by atoms with van der Waals surface area (Å²) >= 11 is 4.21. The molecule has 1 aromatic heterocycles. The second kappa shape index (κ2) is 9.80. The highest BCUT2D eigenvalue weighted by Crippen LogP contribution is 2.19. The fourth-order valence-corrected chi connectivity index (χ4v) is 3.17. The van der Waals surface area contributed by atoms with E-state index in [1.54, 1.807) is 13.8 Å². The molecular formula is C20H28N4O4S. The van der Waals surface area contributed by atoms with Crippen LogP contribution in [0.15, 0.2) is 30.5 Å². The van der Waals surface area contributed by atoms with E-state index in [1.807, 2.05) is 30.5 Å². The van der Waals surface area contributed by atoms with E-state index in [0.29, 0.717) is 12.8 Å². The lowest BCUT2D eigenvalue weighted by atomic mass is 10.0. The van der Waals surface area contributed by atoms with Gasteiger partial charge in [-0.25, -0.2) is 4.79 Å². The molecule has 2 amide bonds. The minimum Gasteiger partial charge on any atom is -0.480 e. The van der Waals surface area contributed by atoms with Gasteiger partial charge >= 0.3 is 5.97 Å². The van der Waals surface area contributed by atoms with Crippen LogP contribution in [-0.2, 0) is 20.8 Å². The summed E-state index contributed by atoms with van der Waals surface area (Å²) in [5.41, 5.74) is 7.97. The van der Waals surface area contributed by atoms with Crippen molar-refractivity contribution in [2.45, 2.75) is 49.9 Å². The first-order valence-electron chi connectivity index (χ1n) is 9.42. The van der Waals surface area contributed by atoms with E-state index in [2.05, 4.69) is 28.2 Å². The first-order valence-corrected chi connectivity index (χ1v) is 9.87. The Morgan fingerprint density at radius 2 is 1.97 bits per heavy atom. The molecule has 0 bridgehead atoms. The molecule has 0 saturated heterocycles. The van der Waals surface area contributed by atoms with Crippen LogP contribution in [-0.4, -0.2) is 51.2 Å². The number of carbonyl (C=O) groups is 3. The van der Waals surface area contributed by atoms with E-state index < -0.39 is 28.7 Å². The van der Waals surface area contributed by atoms with Crippen LogP contribution in [0.1, 0.15) is 32.3 Å². The number of para-hydroxylation sites is 1. The van der Waals surface area contributed by atoms with Crippen LogP contribution in [0.5, 0.6) is 0 Å². The molecule has 158 valence electrons. The van der Waals surface area contributed by atoms with Crippen molar-refractivity contribution < 1.29 is 19.5 Å². The molecule has 0 radical (unpaired) electrons. The molecule has 0 spiro atoms. The van der Waals surface area contributed by atoms with Crippen LogP contribution in [0.3, 0.4) is 0 Å². The number of aromatic nitrogens is 1. The summed E-state index contributed by atoms with van der Waals surface area (Å²) in [4.78, 5) is 38.6. The van der Waals surface area contributed by atoms with Crippen molar-refractivity contribution in [3.8, 4) is 0 Å². The Morgan fingerprint density at radius 1 is 1.28 bits per heavy atom. The molecule has 2 atom stereocenters. The highest BCUT2D eigenvalue weighted by molar-refractivity contribution is 7.81. The molecular weight excluding hydrogens is 392 g/mol. The smallest absolute Gasteiger partial charge is 0.327 e.